The maximum atomic E-state index is 2.77. The lowest BCUT2D eigenvalue weighted by atomic mass is 9.33. The second-order valence-electron chi connectivity index (χ2n) is 27.1. The maximum Gasteiger partial charge on any atom is 0.252 e. The normalized spacial score (nSPS) is 13.1. The number of fused-ring (bicyclic) bond motifs is 13. The predicted molar refractivity (Wildman–Crippen MR) is 389 cm³/mol. The number of thiophene rings is 1. The van der Waals surface area contributed by atoms with E-state index in [1.165, 1.54) is 153 Å². The van der Waals surface area contributed by atoms with Gasteiger partial charge in [-0.1, -0.05) is 231 Å². The average Bonchev–Trinajstić information content (AvgIpc) is 0.731. The molecule has 0 saturated carbocycles. The van der Waals surface area contributed by atoms with Gasteiger partial charge in [0.05, 0.1) is 38.1 Å². The molecular formula is C84H69BN4S. The predicted octanol–water partition coefficient (Wildman–Crippen LogP) is 21.6. The van der Waals surface area contributed by atoms with Gasteiger partial charge in [0, 0.05) is 82.3 Å². The SMILES string of the molecule is CCCCc1ccc2c(sc3ccccc32)c1N1c2cc(-n3c4ccccc4c4ccccc43)ccc2B2c3ccc(-n4c5ccccc5c5ccccc54)cc3N(c3c(-c4ccccc4)cc(C(C)(C)C)cc3-c3ccccc3)c3cc(C(C)(C)C)cc1c32. The minimum Gasteiger partial charge on any atom is -0.310 e. The van der Waals surface area contributed by atoms with Gasteiger partial charge in [0.2, 0.25) is 0 Å². The third-order valence-electron chi connectivity index (χ3n) is 19.6. The first-order chi connectivity index (χ1) is 43.9. The number of aryl methyl sites for hydroxylation is 1. The summed E-state index contributed by atoms with van der Waals surface area (Å²) in [5.74, 6) is 0. The first kappa shape index (κ1) is 54.3. The standard InChI is InChI=1S/C84H69BN4S/c1-8-9-26-55-41-44-65-64-35-20-25-40-78(64)90-82(65)80(55)88-74-51-58(86-70-36-21-16-31-60(70)61-32-17-22-37-71(61)86)42-45-68(74)85-69-46-43-59(87-72-38-23-18-33-62(72)63-34-19-24-39-73(63)87)52-75(69)89(77-50-57(84(5,6)7)49-76(88)79(77)85)81-66(53-27-12-10-13-28-53)47-56(83(2,3)4)48-67(81)54-29-14-11-15-30-54/h10-25,27-52H,8-9,26H2,1-7H3. The first-order valence-electron chi connectivity index (χ1n) is 32.2. The highest BCUT2D eigenvalue weighted by Gasteiger charge is 2.46. The summed E-state index contributed by atoms with van der Waals surface area (Å²) >= 11 is 1.95. The van der Waals surface area contributed by atoms with Crippen LogP contribution in [0.1, 0.15) is 78.0 Å². The lowest BCUT2D eigenvalue weighted by Crippen LogP contribution is -2.61. The van der Waals surface area contributed by atoms with Crippen molar-refractivity contribution in [1.82, 2.24) is 9.13 Å². The van der Waals surface area contributed by atoms with Gasteiger partial charge in [-0.3, -0.25) is 0 Å². The Morgan fingerprint density at radius 3 is 1.27 bits per heavy atom. The molecule has 3 aromatic heterocycles. The van der Waals surface area contributed by atoms with E-state index < -0.39 is 0 Å². The Kier molecular flexibility index (Phi) is 12.4. The van der Waals surface area contributed by atoms with Crippen molar-refractivity contribution < 1.29 is 0 Å². The summed E-state index contributed by atoms with van der Waals surface area (Å²) in [7, 11) is 0. The van der Waals surface area contributed by atoms with E-state index in [0.29, 0.717) is 0 Å². The van der Waals surface area contributed by atoms with E-state index in [1.807, 2.05) is 11.3 Å². The summed E-state index contributed by atoms with van der Waals surface area (Å²) in [4.78, 5) is 5.51. The van der Waals surface area contributed by atoms with Crippen LogP contribution in [-0.2, 0) is 17.3 Å². The van der Waals surface area contributed by atoms with Gasteiger partial charge in [-0.2, -0.15) is 0 Å². The highest BCUT2D eigenvalue weighted by atomic mass is 32.1. The maximum absolute atomic E-state index is 2.77. The van der Waals surface area contributed by atoms with Crippen LogP contribution < -0.4 is 26.2 Å². The Labute approximate surface area is 531 Å². The molecule has 0 fully saturated rings. The van der Waals surface area contributed by atoms with Crippen LogP contribution in [-0.4, -0.2) is 15.8 Å². The largest absolute Gasteiger partial charge is 0.310 e. The molecule has 0 spiro atoms. The van der Waals surface area contributed by atoms with Gasteiger partial charge in [-0.15, -0.1) is 11.3 Å². The fourth-order valence-corrected chi connectivity index (χ4v) is 16.4. The van der Waals surface area contributed by atoms with Crippen molar-refractivity contribution in [2.45, 2.75) is 78.6 Å². The van der Waals surface area contributed by atoms with Crippen LogP contribution in [0.3, 0.4) is 0 Å². The van der Waals surface area contributed by atoms with Crippen LogP contribution in [0.4, 0.5) is 34.1 Å². The Bertz CT molecular complexity index is 5230. The van der Waals surface area contributed by atoms with Crippen LogP contribution in [0, 0.1) is 0 Å². The zero-order valence-corrected chi connectivity index (χ0v) is 53.0. The molecule has 90 heavy (non-hydrogen) atoms. The molecule has 2 aliphatic rings. The second-order valence-corrected chi connectivity index (χ2v) is 28.1. The van der Waals surface area contributed by atoms with Gasteiger partial charge < -0.3 is 18.9 Å². The average molecular weight is 1180 g/mol. The highest BCUT2D eigenvalue weighted by molar-refractivity contribution is 7.26. The fourth-order valence-electron chi connectivity index (χ4n) is 15.2. The third kappa shape index (κ3) is 8.33. The van der Waals surface area contributed by atoms with Crippen molar-refractivity contribution in [2.24, 2.45) is 0 Å². The van der Waals surface area contributed by atoms with Gasteiger partial charge in [-0.25, -0.2) is 0 Å². The lowest BCUT2D eigenvalue weighted by molar-refractivity contribution is 0.590. The van der Waals surface area contributed by atoms with Gasteiger partial charge in [0.15, 0.2) is 0 Å². The smallest absolute Gasteiger partial charge is 0.252 e. The minimum absolute atomic E-state index is 0.156. The van der Waals surface area contributed by atoms with Crippen molar-refractivity contribution in [3.8, 4) is 33.6 Å². The van der Waals surface area contributed by atoms with E-state index in [4.69, 9.17) is 0 Å². The monoisotopic (exact) mass is 1180 g/mol. The molecule has 0 N–H and O–H groups in total. The molecule has 6 heteroatoms. The van der Waals surface area contributed by atoms with Crippen LogP contribution in [0.25, 0.3) is 97.4 Å². The quantitative estimate of drug-likeness (QED) is 0.134. The van der Waals surface area contributed by atoms with Gasteiger partial charge in [0.25, 0.3) is 6.71 Å². The molecule has 12 aromatic carbocycles. The molecule has 5 heterocycles. The molecule has 17 rings (SSSR count). The van der Waals surface area contributed by atoms with Crippen LogP contribution in [0.5, 0.6) is 0 Å². The third-order valence-corrected chi connectivity index (χ3v) is 20.8. The first-order valence-corrected chi connectivity index (χ1v) is 33.0. The molecule has 0 unspecified atom stereocenters. The molecule has 15 aromatic rings. The van der Waals surface area contributed by atoms with Crippen molar-refractivity contribution >= 4 is 132 Å². The fraction of sp³-hybridized carbons (Fsp3) is 0.143. The number of hydrogen-bond donors (Lipinski definition) is 0. The summed E-state index contributed by atoms with van der Waals surface area (Å²) in [6, 6.07) is 97.4. The Morgan fingerprint density at radius 1 is 0.378 bits per heavy atom. The number of aromatic nitrogens is 2. The molecule has 0 saturated heterocycles. The number of nitrogens with zero attached hydrogens (tertiary/aromatic N) is 4. The number of hydrogen-bond acceptors (Lipinski definition) is 3. The topological polar surface area (TPSA) is 16.3 Å². The highest BCUT2D eigenvalue weighted by Crippen LogP contribution is 2.55. The Morgan fingerprint density at radius 2 is 0.800 bits per heavy atom. The summed E-state index contributed by atoms with van der Waals surface area (Å²) in [5.41, 5.74) is 26.5. The molecule has 2 aliphatic heterocycles. The zero-order chi connectivity index (χ0) is 60.7. The molecule has 434 valence electrons. The molecule has 0 radical (unpaired) electrons. The summed E-state index contributed by atoms with van der Waals surface area (Å²) in [6.45, 7) is 16.5. The van der Waals surface area contributed by atoms with Crippen LogP contribution >= 0.6 is 11.3 Å². The summed E-state index contributed by atoms with van der Waals surface area (Å²) in [6.07, 6.45) is 3.14. The molecule has 0 bridgehead atoms. The van der Waals surface area contributed by atoms with E-state index in [9.17, 15) is 0 Å². The van der Waals surface area contributed by atoms with Crippen LogP contribution in [0.2, 0.25) is 0 Å². The van der Waals surface area contributed by atoms with Crippen LogP contribution in [0.15, 0.2) is 255 Å². The van der Waals surface area contributed by atoms with E-state index in [-0.39, 0.29) is 17.5 Å². The number of unbranched alkanes of at least 4 members (excludes halogenated alkanes) is 1. The van der Waals surface area contributed by atoms with Gasteiger partial charge in [-0.05, 0) is 147 Å². The molecular weight excluding hydrogens is 1110 g/mol. The number of anilines is 6. The summed E-state index contributed by atoms with van der Waals surface area (Å²) < 4.78 is 7.65. The van der Waals surface area contributed by atoms with Crippen molar-refractivity contribution in [2.75, 3.05) is 9.80 Å². The van der Waals surface area contributed by atoms with E-state index in [1.54, 1.807) is 0 Å². The minimum atomic E-state index is -0.260. The van der Waals surface area contributed by atoms with Crippen molar-refractivity contribution in [3.63, 3.8) is 0 Å². The Hall–Kier alpha value is -9.88. The van der Waals surface area contributed by atoms with Gasteiger partial charge >= 0.3 is 0 Å². The van der Waals surface area contributed by atoms with E-state index >= 15 is 0 Å². The second kappa shape index (κ2) is 20.6. The van der Waals surface area contributed by atoms with Crippen molar-refractivity contribution in [3.05, 3.63) is 271 Å². The number of rotatable bonds is 9. The van der Waals surface area contributed by atoms with Gasteiger partial charge in [0.1, 0.15) is 0 Å². The van der Waals surface area contributed by atoms with Crippen molar-refractivity contribution in [1.29, 1.82) is 0 Å². The zero-order valence-electron chi connectivity index (χ0n) is 52.1. The number of para-hydroxylation sites is 4. The van der Waals surface area contributed by atoms with E-state index in [0.717, 1.165) is 30.6 Å². The van der Waals surface area contributed by atoms with E-state index in [2.05, 4.69) is 322 Å². The number of benzene rings is 12. The summed E-state index contributed by atoms with van der Waals surface area (Å²) in [5, 5.41) is 7.61. The molecule has 0 amide bonds. The molecule has 0 atom stereocenters. The molecule has 0 aliphatic carbocycles. The lowest BCUT2D eigenvalue weighted by Gasteiger charge is -2.46. The Balaban J connectivity index is 1.06. The molecule has 4 nitrogen and oxygen atoms in total.